The molecule has 3 aliphatic heterocycles. The number of rotatable bonds is 5. The maximum atomic E-state index is 13.8. The molecular weight excluding hydrogens is 426 g/mol. The fourth-order valence-electron chi connectivity index (χ4n) is 5.97. The lowest BCUT2D eigenvalue weighted by Gasteiger charge is -2.29. The molecule has 0 radical (unpaired) electrons. The molecule has 0 unspecified atom stereocenters. The SMILES string of the molecule is O=C1[C@H]2[C@H](Cc3ccccc3)N[C@]3(C(=O)Nc4ccccc43)[C@@H]2C(=O)N1CCc1ccccc1. The van der Waals surface area contributed by atoms with Crippen LogP contribution in [0.3, 0.4) is 0 Å². The van der Waals surface area contributed by atoms with Gasteiger partial charge in [0.1, 0.15) is 5.54 Å². The molecule has 34 heavy (non-hydrogen) atoms. The topological polar surface area (TPSA) is 78.5 Å². The second kappa shape index (κ2) is 7.92. The summed E-state index contributed by atoms with van der Waals surface area (Å²) < 4.78 is 0. The molecule has 0 bridgehead atoms. The van der Waals surface area contributed by atoms with Gasteiger partial charge < -0.3 is 5.32 Å². The summed E-state index contributed by atoms with van der Waals surface area (Å²) in [5.74, 6) is -2.08. The summed E-state index contributed by atoms with van der Waals surface area (Å²) in [6.07, 6.45) is 1.15. The molecular formula is C28H25N3O3. The molecule has 170 valence electrons. The number of nitrogens with zero attached hydrogens (tertiary/aromatic N) is 1. The van der Waals surface area contributed by atoms with Gasteiger partial charge in [0.25, 0.3) is 0 Å². The lowest BCUT2D eigenvalue weighted by Crippen LogP contribution is -2.53. The molecule has 6 heteroatoms. The first-order chi connectivity index (χ1) is 16.6. The highest BCUT2D eigenvalue weighted by Crippen LogP contribution is 2.53. The Balaban J connectivity index is 1.39. The Morgan fingerprint density at radius 1 is 0.765 bits per heavy atom. The molecule has 3 aromatic carbocycles. The minimum Gasteiger partial charge on any atom is -0.324 e. The van der Waals surface area contributed by atoms with Crippen LogP contribution >= 0.6 is 0 Å². The van der Waals surface area contributed by atoms with Crippen LogP contribution in [0.5, 0.6) is 0 Å². The molecule has 6 nitrogen and oxygen atoms in total. The van der Waals surface area contributed by atoms with Crippen molar-refractivity contribution in [3.05, 3.63) is 102 Å². The highest BCUT2D eigenvalue weighted by atomic mass is 16.2. The van der Waals surface area contributed by atoms with Gasteiger partial charge in [-0.2, -0.15) is 0 Å². The average molecular weight is 452 g/mol. The van der Waals surface area contributed by atoms with E-state index in [1.54, 1.807) is 0 Å². The van der Waals surface area contributed by atoms with Gasteiger partial charge >= 0.3 is 0 Å². The van der Waals surface area contributed by atoms with Crippen molar-refractivity contribution in [1.82, 2.24) is 10.2 Å². The summed E-state index contributed by atoms with van der Waals surface area (Å²) in [5.41, 5.74) is 2.33. The number of amides is 3. The van der Waals surface area contributed by atoms with Crippen molar-refractivity contribution in [2.24, 2.45) is 11.8 Å². The van der Waals surface area contributed by atoms with Crippen molar-refractivity contribution in [1.29, 1.82) is 0 Å². The van der Waals surface area contributed by atoms with Crippen LogP contribution in [0, 0.1) is 11.8 Å². The number of hydrogen-bond donors (Lipinski definition) is 2. The highest BCUT2D eigenvalue weighted by Gasteiger charge is 2.70. The van der Waals surface area contributed by atoms with E-state index in [1.165, 1.54) is 4.90 Å². The van der Waals surface area contributed by atoms with Crippen molar-refractivity contribution in [2.45, 2.75) is 24.4 Å². The maximum Gasteiger partial charge on any atom is 0.250 e. The van der Waals surface area contributed by atoms with Crippen molar-refractivity contribution in [2.75, 3.05) is 11.9 Å². The molecule has 2 fully saturated rings. The van der Waals surface area contributed by atoms with Crippen LogP contribution in [0.2, 0.25) is 0 Å². The zero-order valence-corrected chi connectivity index (χ0v) is 18.6. The second-order valence-corrected chi connectivity index (χ2v) is 9.32. The average Bonchev–Trinajstić information content (AvgIpc) is 3.44. The smallest absolute Gasteiger partial charge is 0.250 e. The monoisotopic (exact) mass is 451 g/mol. The zero-order valence-electron chi connectivity index (χ0n) is 18.6. The molecule has 2 saturated heterocycles. The van der Waals surface area contributed by atoms with E-state index in [0.717, 1.165) is 16.7 Å². The Morgan fingerprint density at radius 3 is 2.15 bits per heavy atom. The molecule has 3 aliphatic rings. The van der Waals surface area contributed by atoms with E-state index in [4.69, 9.17) is 0 Å². The fourth-order valence-corrected chi connectivity index (χ4v) is 5.97. The third-order valence-corrected chi connectivity index (χ3v) is 7.48. The first kappa shape index (κ1) is 20.8. The van der Waals surface area contributed by atoms with E-state index in [1.807, 2.05) is 84.9 Å². The Morgan fingerprint density at radius 2 is 1.41 bits per heavy atom. The summed E-state index contributed by atoms with van der Waals surface area (Å²) in [7, 11) is 0. The predicted octanol–water partition coefficient (Wildman–Crippen LogP) is 2.89. The molecule has 2 N–H and O–H groups in total. The van der Waals surface area contributed by atoms with Gasteiger partial charge in [0.15, 0.2) is 0 Å². The molecule has 3 amide bonds. The Labute approximate surface area is 198 Å². The third-order valence-electron chi connectivity index (χ3n) is 7.48. The largest absolute Gasteiger partial charge is 0.324 e. The summed E-state index contributed by atoms with van der Waals surface area (Å²) in [6, 6.07) is 26.9. The first-order valence-corrected chi connectivity index (χ1v) is 11.7. The van der Waals surface area contributed by atoms with E-state index in [-0.39, 0.29) is 23.8 Å². The number of para-hydroxylation sites is 1. The lowest BCUT2D eigenvalue weighted by atomic mass is 9.76. The second-order valence-electron chi connectivity index (χ2n) is 9.32. The third kappa shape index (κ3) is 3.02. The number of anilines is 1. The number of carbonyl (C=O) groups excluding carboxylic acids is 3. The number of carbonyl (C=O) groups is 3. The molecule has 4 atom stereocenters. The lowest BCUT2D eigenvalue weighted by molar-refractivity contribution is -0.142. The normalized spacial score (nSPS) is 27.2. The van der Waals surface area contributed by atoms with Crippen molar-refractivity contribution < 1.29 is 14.4 Å². The quantitative estimate of drug-likeness (QED) is 0.585. The van der Waals surface area contributed by atoms with Crippen LogP contribution in [0.15, 0.2) is 84.9 Å². The number of likely N-dealkylation sites (tertiary alicyclic amines) is 1. The van der Waals surface area contributed by atoms with Crippen LogP contribution in [0.25, 0.3) is 0 Å². The van der Waals surface area contributed by atoms with Crippen molar-refractivity contribution >= 4 is 23.4 Å². The van der Waals surface area contributed by atoms with E-state index < -0.39 is 17.4 Å². The molecule has 3 heterocycles. The van der Waals surface area contributed by atoms with Gasteiger partial charge in [0.05, 0.1) is 11.8 Å². The Hall–Kier alpha value is -3.77. The van der Waals surface area contributed by atoms with Crippen molar-refractivity contribution in [3.63, 3.8) is 0 Å². The summed E-state index contributed by atoms with van der Waals surface area (Å²) in [5, 5.41) is 6.45. The minimum absolute atomic E-state index is 0.187. The molecule has 0 saturated carbocycles. The number of imide groups is 1. The Bertz CT molecular complexity index is 1280. The van der Waals surface area contributed by atoms with Gasteiger partial charge in [0, 0.05) is 23.8 Å². The first-order valence-electron chi connectivity index (χ1n) is 11.7. The van der Waals surface area contributed by atoms with E-state index >= 15 is 0 Å². The van der Waals surface area contributed by atoms with Crippen LogP contribution in [-0.4, -0.2) is 35.2 Å². The van der Waals surface area contributed by atoms with Gasteiger partial charge in [-0.15, -0.1) is 0 Å². The Kier molecular flexibility index (Phi) is 4.85. The summed E-state index contributed by atoms with van der Waals surface area (Å²) >= 11 is 0. The number of hydrogen-bond acceptors (Lipinski definition) is 4. The molecule has 0 aliphatic carbocycles. The molecule has 6 rings (SSSR count). The number of benzene rings is 3. The highest BCUT2D eigenvalue weighted by molar-refractivity contribution is 6.15. The van der Waals surface area contributed by atoms with Crippen LogP contribution in [0.1, 0.15) is 16.7 Å². The summed E-state index contributed by atoms with van der Waals surface area (Å²) in [6.45, 7) is 0.312. The molecule has 0 aromatic heterocycles. The number of fused-ring (bicyclic) bond motifs is 4. The van der Waals surface area contributed by atoms with Gasteiger partial charge in [-0.05, 0) is 30.0 Å². The van der Waals surface area contributed by atoms with E-state index in [9.17, 15) is 14.4 Å². The summed E-state index contributed by atoms with van der Waals surface area (Å²) in [4.78, 5) is 42.4. The van der Waals surface area contributed by atoms with Gasteiger partial charge in [-0.1, -0.05) is 78.9 Å². The zero-order chi connectivity index (χ0) is 23.3. The molecule has 1 spiro atoms. The van der Waals surface area contributed by atoms with Gasteiger partial charge in [-0.3, -0.25) is 24.6 Å². The minimum atomic E-state index is -1.24. The van der Waals surface area contributed by atoms with Crippen LogP contribution in [0.4, 0.5) is 5.69 Å². The van der Waals surface area contributed by atoms with E-state index in [0.29, 0.717) is 25.1 Å². The van der Waals surface area contributed by atoms with Gasteiger partial charge in [0.2, 0.25) is 17.7 Å². The van der Waals surface area contributed by atoms with Crippen LogP contribution < -0.4 is 10.6 Å². The predicted molar refractivity (Wildman–Crippen MR) is 128 cm³/mol. The number of nitrogens with one attached hydrogen (secondary N) is 2. The standard InChI is InChI=1S/C28H25N3O3/c32-25-23-22(17-19-11-5-2-6-12-19)30-28(20-13-7-8-14-21(20)29-27(28)34)24(23)26(33)31(25)16-15-18-9-3-1-4-10-18/h1-14,22-24,30H,15-17H2,(H,29,34)/t22-,23-,24-,28-/m0/s1. The van der Waals surface area contributed by atoms with Crippen LogP contribution in [-0.2, 0) is 32.8 Å². The maximum absolute atomic E-state index is 13.8. The molecule has 3 aromatic rings. The van der Waals surface area contributed by atoms with E-state index in [2.05, 4.69) is 10.6 Å². The van der Waals surface area contributed by atoms with Crippen molar-refractivity contribution in [3.8, 4) is 0 Å². The fraction of sp³-hybridized carbons (Fsp3) is 0.250. The van der Waals surface area contributed by atoms with Gasteiger partial charge in [-0.25, -0.2) is 0 Å².